The van der Waals surface area contributed by atoms with Gasteiger partial charge in [-0.1, -0.05) is 15.9 Å². The second-order valence-electron chi connectivity index (χ2n) is 8.05. The maximum atomic E-state index is 12.8. The van der Waals surface area contributed by atoms with Crippen molar-refractivity contribution >= 4 is 51.1 Å². The van der Waals surface area contributed by atoms with Crippen LogP contribution in [0.15, 0.2) is 22.7 Å². The topological polar surface area (TPSA) is 106 Å². The summed E-state index contributed by atoms with van der Waals surface area (Å²) in [5.41, 5.74) is 5.00. The molecular weight excluding hydrogens is 474 g/mol. The van der Waals surface area contributed by atoms with Crippen LogP contribution in [0.25, 0.3) is 11.6 Å². The van der Waals surface area contributed by atoms with E-state index in [9.17, 15) is 14.4 Å². The lowest BCUT2D eigenvalue weighted by Crippen LogP contribution is -2.47. The Balaban J connectivity index is 1.45. The molecule has 2 aliphatic heterocycles. The average molecular weight is 500 g/mol. The number of fused-ring (bicyclic) bond motifs is 1. The number of anilines is 1. The Hall–Kier alpha value is -3.07. The number of carbonyl (C=O) groups is 3. The average Bonchev–Trinajstić information content (AvgIpc) is 3.21. The molecule has 0 unspecified atom stereocenters. The van der Waals surface area contributed by atoms with E-state index in [1.54, 1.807) is 11.0 Å². The van der Waals surface area contributed by atoms with Crippen LogP contribution in [-0.2, 0) is 4.79 Å². The van der Waals surface area contributed by atoms with Gasteiger partial charge in [0.2, 0.25) is 0 Å². The summed E-state index contributed by atoms with van der Waals surface area (Å²) in [6.07, 6.45) is 3.42. The number of hydrogen-bond donors (Lipinski definition) is 4. The fourth-order valence-electron chi connectivity index (χ4n) is 4.16. The van der Waals surface area contributed by atoms with Gasteiger partial charge >= 0.3 is 6.03 Å². The van der Waals surface area contributed by atoms with E-state index in [-0.39, 0.29) is 17.8 Å². The van der Waals surface area contributed by atoms with Gasteiger partial charge in [-0.25, -0.2) is 4.79 Å². The van der Waals surface area contributed by atoms with Crippen molar-refractivity contribution in [2.24, 2.45) is 0 Å². The van der Waals surface area contributed by atoms with E-state index < -0.39 is 0 Å². The molecule has 2 aromatic rings. The number of benzene rings is 1. The smallest absolute Gasteiger partial charge is 0.317 e. The molecule has 1 fully saturated rings. The van der Waals surface area contributed by atoms with Gasteiger partial charge in [0, 0.05) is 53.3 Å². The molecular formula is C23H26BrN5O3. The summed E-state index contributed by atoms with van der Waals surface area (Å²) >= 11 is 3.45. The molecule has 1 aromatic heterocycles. The van der Waals surface area contributed by atoms with Crippen LogP contribution in [0.3, 0.4) is 0 Å². The molecule has 0 aliphatic carbocycles. The molecule has 4 rings (SSSR count). The molecule has 168 valence electrons. The number of aromatic nitrogens is 1. The highest BCUT2D eigenvalue weighted by Gasteiger charge is 2.26. The standard InChI is InChI=1S/C23H26BrN5O3/c1-13-19(12-17-16-11-15(24)5-6-18(16)28-21(17)30)27-14(2)20(13)22(31)25-7-3-9-29-10-4-8-26-23(29)32/h5-6,11-12,27H,3-4,7-10H2,1-2H3,(H,25,31)(H,26,32)(H,28,30)/b17-12-. The third-order valence-corrected chi connectivity index (χ3v) is 6.31. The van der Waals surface area contributed by atoms with Crippen LogP contribution in [0.1, 0.15) is 45.7 Å². The fourth-order valence-corrected chi connectivity index (χ4v) is 4.52. The van der Waals surface area contributed by atoms with Crippen LogP contribution in [0.4, 0.5) is 10.5 Å². The molecule has 0 bridgehead atoms. The van der Waals surface area contributed by atoms with E-state index in [0.717, 1.165) is 52.2 Å². The Morgan fingerprint density at radius 1 is 1.28 bits per heavy atom. The third kappa shape index (κ3) is 4.43. The maximum Gasteiger partial charge on any atom is 0.317 e. The van der Waals surface area contributed by atoms with Crippen molar-refractivity contribution in [1.82, 2.24) is 20.5 Å². The van der Waals surface area contributed by atoms with Gasteiger partial charge in [0.1, 0.15) is 0 Å². The summed E-state index contributed by atoms with van der Waals surface area (Å²) in [5, 5.41) is 8.65. The highest BCUT2D eigenvalue weighted by molar-refractivity contribution is 9.10. The minimum absolute atomic E-state index is 0.0397. The molecule has 1 saturated heterocycles. The predicted molar refractivity (Wildman–Crippen MR) is 127 cm³/mol. The Labute approximate surface area is 195 Å². The first-order valence-electron chi connectivity index (χ1n) is 10.7. The number of aromatic amines is 1. The third-order valence-electron chi connectivity index (χ3n) is 5.82. The summed E-state index contributed by atoms with van der Waals surface area (Å²) in [7, 11) is 0. The van der Waals surface area contributed by atoms with Gasteiger partial charge in [-0.05, 0) is 56.5 Å². The predicted octanol–water partition coefficient (Wildman–Crippen LogP) is 3.42. The SMILES string of the molecule is Cc1[nH]c(/C=C2\C(=O)Nc3ccc(Br)cc32)c(C)c1C(=O)NCCCN1CCCNC1=O. The van der Waals surface area contributed by atoms with Crippen molar-refractivity contribution in [1.29, 1.82) is 0 Å². The minimum Gasteiger partial charge on any atom is -0.358 e. The Morgan fingerprint density at radius 3 is 2.88 bits per heavy atom. The molecule has 0 atom stereocenters. The zero-order valence-corrected chi connectivity index (χ0v) is 19.7. The molecule has 0 spiro atoms. The van der Waals surface area contributed by atoms with Crippen LogP contribution in [0.2, 0.25) is 0 Å². The molecule has 4 N–H and O–H groups in total. The Bertz CT molecular complexity index is 1120. The quantitative estimate of drug-likeness (QED) is 0.361. The van der Waals surface area contributed by atoms with E-state index in [1.807, 2.05) is 32.0 Å². The fraction of sp³-hybridized carbons (Fsp3) is 0.348. The number of rotatable bonds is 6. The van der Waals surface area contributed by atoms with Crippen LogP contribution in [0, 0.1) is 13.8 Å². The monoisotopic (exact) mass is 499 g/mol. The summed E-state index contributed by atoms with van der Waals surface area (Å²) in [5.74, 6) is -0.333. The first kappa shape index (κ1) is 22.1. The lowest BCUT2D eigenvalue weighted by Gasteiger charge is -2.27. The number of urea groups is 1. The molecule has 4 amide bonds. The van der Waals surface area contributed by atoms with Crippen LogP contribution in [-0.4, -0.2) is 53.9 Å². The zero-order valence-electron chi connectivity index (χ0n) is 18.1. The zero-order chi connectivity index (χ0) is 22.8. The lowest BCUT2D eigenvalue weighted by atomic mass is 10.0. The van der Waals surface area contributed by atoms with Crippen molar-refractivity contribution in [2.45, 2.75) is 26.7 Å². The minimum atomic E-state index is -0.169. The molecule has 32 heavy (non-hydrogen) atoms. The molecule has 1 aromatic carbocycles. The second-order valence-corrected chi connectivity index (χ2v) is 8.96. The van der Waals surface area contributed by atoms with Crippen LogP contribution >= 0.6 is 15.9 Å². The van der Waals surface area contributed by atoms with Gasteiger partial charge < -0.3 is 25.8 Å². The number of carbonyl (C=O) groups excluding carboxylic acids is 3. The van der Waals surface area contributed by atoms with Gasteiger partial charge in [0.15, 0.2) is 0 Å². The summed E-state index contributed by atoms with van der Waals surface area (Å²) in [4.78, 5) is 42.1. The van der Waals surface area contributed by atoms with E-state index in [0.29, 0.717) is 30.6 Å². The molecule has 8 nitrogen and oxygen atoms in total. The Morgan fingerprint density at radius 2 is 2.09 bits per heavy atom. The molecule has 2 aliphatic rings. The number of halogens is 1. The molecule has 0 radical (unpaired) electrons. The molecule has 0 saturated carbocycles. The summed E-state index contributed by atoms with van der Waals surface area (Å²) in [6.45, 7) is 6.28. The maximum absolute atomic E-state index is 12.8. The van der Waals surface area contributed by atoms with Crippen LogP contribution in [0.5, 0.6) is 0 Å². The second kappa shape index (κ2) is 9.20. The van der Waals surface area contributed by atoms with Crippen molar-refractivity contribution in [3.05, 3.63) is 50.8 Å². The number of hydrogen-bond acceptors (Lipinski definition) is 3. The number of nitrogens with zero attached hydrogens (tertiary/aromatic N) is 1. The number of nitrogens with one attached hydrogen (secondary N) is 4. The first-order chi connectivity index (χ1) is 15.3. The van der Waals surface area contributed by atoms with E-state index >= 15 is 0 Å². The number of H-pyrrole nitrogens is 1. The highest BCUT2D eigenvalue weighted by Crippen LogP contribution is 2.35. The normalized spacial score (nSPS) is 16.7. The van der Waals surface area contributed by atoms with Crippen molar-refractivity contribution < 1.29 is 14.4 Å². The van der Waals surface area contributed by atoms with E-state index in [4.69, 9.17) is 0 Å². The summed E-state index contributed by atoms with van der Waals surface area (Å²) in [6, 6.07) is 5.60. The van der Waals surface area contributed by atoms with Gasteiger partial charge in [-0.3, -0.25) is 9.59 Å². The van der Waals surface area contributed by atoms with Gasteiger partial charge in [0.05, 0.1) is 11.1 Å². The first-order valence-corrected chi connectivity index (χ1v) is 11.5. The van der Waals surface area contributed by atoms with Crippen molar-refractivity contribution in [3.8, 4) is 0 Å². The highest BCUT2D eigenvalue weighted by atomic mass is 79.9. The van der Waals surface area contributed by atoms with Crippen LogP contribution < -0.4 is 16.0 Å². The number of aryl methyl sites for hydroxylation is 1. The van der Waals surface area contributed by atoms with Crippen molar-refractivity contribution in [2.75, 3.05) is 31.5 Å². The van der Waals surface area contributed by atoms with Gasteiger partial charge in [-0.2, -0.15) is 0 Å². The van der Waals surface area contributed by atoms with Crippen molar-refractivity contribution in [3.63, 3.8) is 0 Å². The van der Waals surface area contributed by atoms with E-state index in [2.05, 4.69) is 36.9 Å². The molecule has 3 heterocycles. The lowest BCUT2D eigenvalue weighted by molar-refractivity contribution is -0.110. The number of amides is 4. The Kier molecular flexibility index (Phi) is 6.36. The van der Waals surface area contributed by atoms with E-state index in [1.165, 1.54) is 0 Å². The molecule has 9 heteroatoms. The summed E-state index contributed by atoms with van der Waals surface area (Å²) < 4.78 is 0.889. The largest absolute Gasteiger partial charge is 0.358 e. The van der Waals surface area contributed by atoms with Gasteiger partial charge in [0.25, 0.3) is 11.8 Å². The van der Waals surface area contributed by atoms with Gasteiger partial charge in [-0.15, -0.1) is 0 Å².